The Bertz CT molecular complexity index is 379. The molecule has 1 rings (SSSR count). The first-order valence-corrected chi connectivity index (χ1v) is 6.15. The van der Waals surface area contributed by atoms with Crippen LogP contribution >= 0.6 is 0 Å². The first kappa shape index (κ1) is 14.4. The molecule has 0 saturated heterocycles. The molecule has 4 heteroatoms. The van der Waals surface area contributed by atoms with Crippen LogP contribution in [-0.2, 0) is 11.2 Å². The first-order valence-electron chi connectivity index (χ1n) is 6.15. The Hall–Kier alpha value is -1.71. The molecule has 18 heavy (non-hydrogen) atoms. The molecule has 1 atom stereocenters. The van der Waals surface area contributed by atoms with Crippen LogP contribution in [0.3, 0.4) is 0 Å². The monoisotopic (exact) mass is 251 g/mol. The molecular weight excluding hydrogens is 230 g/mol. The molecule has 0 aliphatic carbocycles. The zero-order valence-corrected chi connectivity index (χ0v) is 11.2. The third-order valence-corrected chi connectivity index (χ3v) is 2.87. The van der Waals surface area contributed by atoms with E-state index in [0.29, 0.717) is 0 Å². The van der Waals surface area contributed by atoms with Gasteiger partial charge in [0.25, 0.3) is 0 Å². The predicted molar refractivity (Wildman–Crippen MR) is 71.1 cm³/mol. The molecule has 4 nitrogen and oxygen atoms in total. The molecule has 0 fully saturated rings. The lowest BCUT2D eigenvalue weighted by molar-refractivity contribution is -0.110. The highest BCUT2D eigenvalue weighted by atomic mass is 16.5. The van der Waals surface area contributed by atoms with Crippen LogP contribution in [-0.4, -0.2) is 26.7 Å². The average molecular weight is 251 g/mol. The van der Waals surface area contributed by atoms with E-state index in [9.17, 15) is 4.79 Å². The van der Waals surface area contributed by atoms with E-state index in [1.54, 1.807) is 14.2 Å². The van der Waals surface area contributed by atoms with Crippen LogP contribution in [0.1, 0.15) is 25.3 Å². The predicted octanol–water partition coefficient (Wildman–Crippen LogP) is 2.16. The minimum Gasteiger partial charge on any atom is -0.493 e. The second-order valence-electron chi connectivity index (χ2n) is 4.16. The van der Waals surface area contributed by atoms with E-state index < -0.39 is 0 Å². The van der Waals surface area contributed by atoms with Gasteiger partial charge >= 0.3 is 0 Å². The maximum atomic E-state index is 10.5. The summed E-state index contributed by atoms with van der Waals surface area (Å²) in [5.41, 5.74) is 1.13. The van der Waals surface area contributed by atoms with Gasteiger partial charge in [-0.05, 0) is 30.5 Å². The van der Waals surface area contributed by atoms with E-state index >= 15 is 0 Å². The number of methoxy groups -OCH3 is 2. The number of hydrogen-bond acceptors (Lipinski definition) is 3. The molecule has 0 radical (unpaired) electrons. The zero-order valence-electron chi connectivity index (χ0n) is 11.2. The fraction of sp³-hybridized carbons (Fsp3) is 0.500. The Morgan fingerprint density at radius 3 is 2.56 bits per heavy atom. The van der Waals surface area contributed by atoms with Crippen molar-refractivity contribution in [2.45, 2.75) is 32.2 Å². The van der Waals surface area contributed by atoms with E-state index in [1.807, 2.05) is 18.2 Å². The Morgan fingerprint density at radius 2 is 2.00 bits per heavy atom. The summed E-state index contributed by atoms with van der Waals surface area (Å²) in [6.07, 6.45) is 3.57. The molecule has 0 saturated carbocycles. The molecule has 1 aromatic rings. The van der Waals surface area contributed by atoms with Gasteiger partial charge in [-0.25, -0.2) is 0 Å². The summed E-state index contributed by atoms with van der Waals surface area (Å²) in [4.78, 5) is 10.5. The largest absolute Gasteiger partial charge is 0.493 e. The summed E-state index contributed by atoms with van der Waals surface area (Å²) >= 11 is 0. The molecule has 0 aliphatic heterocycles. The van der Waals surface area contributed by atoms with Crippen LogP contribution in [0.5, 0.6) is 11.5 Å². The quantitative estimate of drug-likeness (QED) is 0.720. The summed E-state index contributed by atoms with van der Waals surface area (Å²) in [6.45, 7) is 2.11. The van der Waals surface area contributed by atoms with Crippen molar-refractivity contribution in [1.82, 2.24) is 5.32 Å². The van der Waals surface area contributed by atoms with Gasteiger partial charge in [0.05, 0.1) is 14.2 Å². The minimum atomic E-state index is 0.172. The van der Waals surface area contributed by atoms with Crippen molar-refractivity contribution < 1.29 is 14.3 Å². The standard InChI is InChI=1S/C14H21NO3/c1-4-5-12(15-10-16)8-11-6-7-13(17-2)14(9-11)18-3/h6-7,9-10,12H,4-5,8H2,1-3H3,(H,15,16). The minimum absolute atomic E-state index is 0.172. The van der Waals surface area contributed by atoms with Gasteiger partial charge in [0, 0.05) is 6.04 Å². The first-order chi connectivity index (χ1) is 8.74. The lowest BCUT2D eigenvalue weighted by atomic mass is 10.0. The number of amides is 1. The van der Waals surface area contributed by atoms with Crippen LogP contribution in [0.25, 0.3) is 0 Å². The van der Waals surface area contributed by atoms with Crippen molar-refractivity contribution in [1.29, 1.82) is 0 Å². The summed E-state index contributed by atoms with van der Waals surface area (Å²) < 4.78 is 10.5. The van der Waals surface area contributed by atoms with Gasteiger partial charge in [-0.1, -0.05) is 19.4 Å². The van der Waals surface area contributed by atoms with Gasteiger partial charge in [-0.15, -0.1) is 0 Å². The van der Waals surface area contributed by atoms with Crippen molar-refractivity contribution >= 4 is 6.41 Å². The molecule has 100 valence electrons. The maximum Gasteiger partial charge on any atom is 0.207 e. The summed E-state index contributed by atoms with van der Waals surface area (Å²) in [6, 6.07) is 6.01. The van der Waals surface area contributed by atoms with Crippen molar-refractivity contribution in [3.8, 4) is 11.5 Å². The highest BCUT2D eigenvalue weighted by Gasteiger charge is 2.10. The highest BCUT2D eigenvalue weighted by molar-refractivity contribution is 5.47. The lowest BCUT2D eigenvalue weighted by Gasteiger charge is -2.16. The van der Waals surface area contributed by atoms with Crippen molar-refractivity contribution in [2.24, 2.45) is 0 Å². The van der Waals surface area contributed by atoms with E-state index in [4.69, 9.17) is 9.47 Å². The SMILES string of the molecule is CCCC(Cc1ccc(OC)c(OC)c1)NC=O. The molecule has 0 bridgehead atoms. The number of nitrogens with one attached hydrogen (secondary N) is 1. The van der Waals surface area contributed by atoms with Crippen molar-refractivity contribution in [3.63, 3.8) is 0 Å². The molecule has 0 heterocycles. The van der Waals surface area contributed by atoms with Gasteiger partial charge in [0.15, 0.2) is 11.5 Å². The van der Waals surface area contributed by atoms with Gasteiger partial charge < -0.3 is 14.8 Å². The van der Waals surface area contributed by atoms with Crippen LogP contribution < -0.4 is 14.8 Å². The van der Waals surface area contributed by atoms with Gasteiger partial charge in [-0.2, -0.15) is 0 Å². The second-order valence-corrected chi connectivity index (χ2v) is 4.16. The van der Waals surface area contributed by atoms with E-state index in [-0.39, 0.29) is 6.04 Å². The van der Waals surface area contributed by atoms with Gasteiger partial charge in [-0.3, -0.25) is 4.79 Å². The van der Waals surface area contributed by atoms with Crippen LogP contribution in [0.15, 0.2) is 18.2 Å². The second kappa shape index (κ2) is 7.58. The number of rotatable bonds is 8. The third-order valence-electron chi connectivity index (χ3n) is 2.87. The Labute approximate surface area is 108 Å². The molecule has 1 unspecified atom stereocenters. The number of carbonyl (C=O) groups excluding carboxylic acids is 1. The normalized spacial score (nSPS) is 11.7. The molecular formula is C14H21NO3. The summed E-state index contributed by atoms with van der Waals surface area (Å²) in [7, 11) is 3.24. The molecule has 0 aliphatic rings. The molecule has 1 aromatic carbocycles. The Kier molecular flexibility index (Phi) is 6.05. The molecule has 0 aromatic heterocycles. The molecule has 1 N–H and O–H groups in total. The average Bonchev–Trinajstić information content (AvgIpc) is 2.39. The third kappa shape index (κ3) is 3.95. The number of carbonyl (C=O) groups is 1. The zero-order chi connectivity index (χ0) is 13.4. The Balaban J connectivity index is 2.79. The van der Waals surface area contributed by atoms with Crippen LogP contribution in [0.2, 0.25) is 0 Å². The highest BCUT2D eigenvalue weighted by Crippen LogP contribution is 2.28. The Morgan fingerprint density at radius 1 is 1.28 bits per heavy atom. The van der Waals surface area contributed by atoms with Crippen LogP contribution in [0.4, 0.5) is 0 Å². The fourth-order valence-electron chi connectivity index (χ4n) is 1.98. The van der Waals surface area contributed by atoms with E-state index in [0.717, 1.165) is 42.7 Å². The topological polar surface area (TPSA) is 47.6 Å². The maximum absolute atomic E-state index is 10.5. The van der Waals surface area contributed by atoms with E-state index in [1.165, 1.54) is 0 Å². The number of ether oxygens (including phenoxy) is 2. The van der Waals surface area contributed by atoms with Crippen molar-refractivity contribution in [2.75, 3.05) is 14.2 Å². The molecule has 1 amide bonds. The fourth-order valence-corrected chi connectivity index (χ4v) is 1.98. The van der Waals surface area contributed by atoms with Crippen molar-refractivity contribution in [3.05, 3.63) is 23.8 Å². The lowest BCUT2D eigenvalue weighted by Crippen LogP contribution is -2.29. The number of benzene rings is 1. The smallest absolute Gasteiger partial charge is 0.207 e. The van der Waals surface area contributed by atoms with Gasteiger partial charge in [0.1, 0.15) is 0 Å². The summed E-state index contributed by atoms with van der Waals surface area (Å²) in [5.74, 6) is 1.44. The van der Waals surface area contributed by atoms with Gasteiger partial charge in [0.2, 0.25) is 6.41 Å². The summed E-state index contributed by atoms with van der Waals surface area (Å²) in [5, 5.41) is 2.85. The number of hydrogen-bond donors (Lipinski definition) is 1. The molecule has 0 spiro atoms. The van der Waals surface area contributed by atoms with Crippen LogP contribution in [0, 0.1) is 0 Å². The van der Waals surface area contributed by atoms with E-state index in [2.05, 4.69) is 12.2 Å².